The van der Waals surface area contributed by atoms with Crippen molar-refractivity contribution < 1.29 is 22.4 Å². The monoisotopic (exact) mass is 533 g/mol. The predicted molar refractivity (Wildman–Crippen MR) is 120 cm³/mol. The first-order valence-electron chi connectivity index (χ1n) is 9.95. The Morgan fingerprint density at radius 1 is 1.28 bits per heavy atom. The van der Waals surface area contributed by atoms with Gasteiger partial charge < -0.3 is 5.32 Å². The second-order valence-electron chi connectivity index (χ2n) is 8.06. The van der Waals surface area contributed by atoms with Gasteiger partial charge in [-0.1, -0.05) is 46.8 Å². The lowest BCUT2D eigenvalue weighted by molar-refractivity contribution is -0.185. The molecule has 1 aliphatic rings. The van der Waals surface area contributed by atoms with Crippen LogP contribution in [-0.4, -0.2) is 40.8 Å². The molecule has 1 amide bonds. The number of thioether (sulfide) groups is 1. The summed E-state index contributed by atoms with van der Waals surface area (Å²) in [6.07, 6.45) is -5.03. The molecule has 1 aromatic rings. The number of alkyl halides is 4. The molecule has 0 saturated heterocycles. The summed E-state index contributed by atoms with van der Waals surface area (Å²) in [6, 6.07) is 4.83. The molecule has 0 saturated carbocycles. The van der Waals surface area contributed by atoms with E-state index in [0.717, 1.165) is 0 Å². The number of amides is 1. The van der Waals surface area contributed by atoms with Gasteiger partial charge in [-0.2, -0.15) is 18.4 Å². The highest BCUT2D eigenvalue weighted by Crippen LogP contribution is 2.40. The average molecular weight is 534 g/mol. The molecule has 1 heterocycles. The van der Waals surface area contributed by atoms with Gasteiger partial charge in [0.2, 0.25) is 11.4 Å². The van der Waals surface area contributed by atoms with Crippen LogP contribution < -0.4 is 10.6 Å². The summed E-state index contributed by atoms with van der Waals surface area (Å²) < 4.78 is 59.1. The third-order valence-corrected chi connectivity index (χ3v) is 6.74. The second-order valence-corrected chi connectivity index (χ2v) is 10.2. The topological polar surface area (TPSA) is 64.9 Å². The summed E-state index contributed by atoms with van der Waals surface area (Å²) in [5.41, 5.74) is -5.09. The van der Waals surface area contributed by atoms with Crippen LogP contribution in [0.4, 0.5) is 17.6 Å². The first-order chi connectivity index (χ1) is 14.8. The van der Waals surface area contributed by atoms with Gasteiger partial charge in [0, 0.05) is 16.6 Å². The van der Waals surface area contributed by atoms with Crippen molar-refractivity contribution in [3.05, 3.63) is 34.3 Å². The summed E-state index contributed by atoms with van der Waals surface area (Å²) in [5, 5.41) is 13.7. The molecule has 2 N–H and O–H groups in total. The molecule has 0 aromatic heterocycles. The van der Waals surface area contributed by atoms with Crippen LogP contribution in [0.2, 0.25) is 0 Å². The third-order valence-electron chi connectivity index (χ3n) is 4.83. The Morgan fingerprint density at radius 2 is 1.91 bits per heavy atom. The van der Waals surface area contributed by atoms with Crippen molar-refractivity contribution in [2.75, 3.05) is 5.75 Å². The highest BCUT2D eigenvalue weighted by Gasteiger charge is 2.57. The SMILES string of the molecule is CCC1C#C[C@](c2ccc(Br)cc2)(C(F)(F)F)N[C@@H](CC(C)(C)F)C(=O)N[C@H](C#N)CS1. The Morgan fingerprint density at radius 3 is 2.41 bits per heavy atom. The lowest BCUT2D eigenvalue weighted by Crippen LogP contribution is -2.61. The zero-order valence-electron chi connectivity index (χ0n) is 17.8. The van der Waals surface area contributed by atoms with Crippen LogP contribution in [0.5, 0.6) is 0 Å². The maximum Gasteiger partial charge on any atom is 0.422 e. The Labute approximate surface area is 198 Å². The number of benzene rings is 1. The molecule has 0 aliphatic carbocycles. The van der Waals surface area contributed by atoms with Crippen molar-refractivity contribution in [2.24, 2.45) is 0 Å². The molecule has 4 nitrogen and oxygen atoms in total. The number of carbonyl (C=O) groups excluding carboxylic acids is 1. The van der Waals surface area contributed by atoms with E-state index in [1.165, 1.54) is 49.9 Å². The van der Waals surface area contributed by atoms with Crippen LogP contribution in [0.3, 0.4) is 0 Å². The minimum Gasteiger partial charge on any atom is -0.338 e. The Balaban J connectivity index is 2.74. The Hall–Kier alpha value is -1.75. The van der Waals surface area contributed by atoms with Crippen LogP contribution in [-0.2, 0) is 10.3 Å². The predicted octanol–water partition coefficient (Wildman–Crippen LogP) is 4.84. The summed E-state index contributed by atoms with van der Waals surface area (Å²) in [5.74, 6) is 4.33. The molecule has 10 heteroatoms. The lowest BCUT2D eigenvalue weighted by atomic mass is 9.86. The molecule has 0 bridgehead atoms. The van der Waals surface area contributed by atoms with Gasteiger partial charge >= 0.3 is 6.18 Å². The van der Waals surface area contributed by atoms with Gasteiger partial charge in [-0.05, 0) is 38.0 Å². The molecule has 0 spiro atoms. The van der Waals surface area contributed by atoms with Crippen molar-refractivity contribution in [3.8, 4) is 17.9 Å². The van der Waals surface area contributed by atoms with E-state index in [0.29, 0.717) is 10.9 Å². The summed E-state index contributed by atoms with van der Waals surface area (Å²) in [4.78, 5) is 12.9. The van der Waals surface area contributed by atoms with Crippen molar-refractivity contribution >= 4 is 33.6 Å². The maximum absolute atomic E-state index is 14.7. The Bertz CT molecular complexity index is 915. The van der Waals surface area contributed by atoms with E-state index in [4.69, 9.17) is 0 Å². The molecule has 0 radical (unpaired) electrons. The minimum absolute atomic E-state index is 0.151. The van der Waals surface area contributed by atoms with Gasteiger partial charge in [0.1, 0.15) is 11.7 Å². The molecule has 32 heavy (non-hydrogen) atoms. The molecule has 1 aromatic carbocycles. The highest BCUT2D eigenvalue weighted by atomic mass is 79.9. The van der Waals surface area contributed by atoms with Gasteiger partial charge in [-0.3, -0.25) is 10.1 Å². The fourth-order valence-corrected chi connectivity index (χ4v) is 4.44. The van der Waals surface area contributed by atoms with Gasteiger partial charge in [0.25, 0.3) is 0 Å². The molecule has 1 unspecified atom stereocenters. The first kappa shape index (κ1) is 26.5. The molecule has 2 rings (SSSR count). The zero-order valence-corrected chi connectivity index (χ0v) is 20.2. The van der Waals surface area contributed by atoms with Gasteiger partial charge in [-0.15, -0.1) is 11.8 Å². The van der Waals surface area contributed by atoms with E-state index in [9.17, 15) is 27.6 Å². The van der Waals surface area contributed by atoms with E-state index in [2.05, 4.69) is 38.4 Å². The lowest BCUT2D eigenvalue weighted by Gasteiger charge is -2.37. The standard InChI is InChI=1S/C22H24BrF4N3OS/c1-4-17-9-10-21(22(25,26)27,14-5-7-15(23)8-6-14)30-18(11-20(2,3)24)19(31)29-16(12-28)13-32-17/h5-8,16-18,30H,4,11,13H2,1-3H3,(H,29,31)/t16-,17?,18+,21+/m1/s1. The van der Waals surface area contributed by atoms with Crippen molar-refractivity contribution in [1.29, 1.82) is 5.26 Å². The van der Waals surface area contributed by atoms with Crippen LogP contribution in [0.25, 0.3) is 0 Å². The summed E-state index contributed by atoms with van der Waals surface area (Å²) in [6.45, 7) is 4.14. The third kappa shape index (κ3) is 6.63. The molecule has 4 atom stereocenters. The second kappa shape index (κ2) is 10.5. The molecular formula is C22H24BrF4N3OS. The van der Waals surface area contributed by atoms with Crippen LogP contribution >= 0.6 is 27.7 Å². The number of nitrogens with zero attached hydrogens (tertiary/aromatic N) is 1. The number of carbonyl (C=O) groups is 1. The first-order valence-corrected chi connectivity index (χ1v) is 11.8. The van der Waals surface area contributed by atoms with Gasteiger partial charge in [0.15, 0.2) is 0 Å². The number of nitrogens with one attached hydrogen (secondary N) is 2. The molecule has 0 fully saturated rings. The van der Waals surface area contributed by atoms with Crippen molar-refractivity contribution in [1.82, 2.24) is 10.6 Å². The maximum atomic E-state index is 14.7. The zero-order chi connectivity index (χ0) is 24.2. The number of hydrogen-bond donors (Lipinski definition) is 2. The number of rotatable bonds is 4. The van der Waals surface area contributed by atoms with Crippen LogP contribution in [0.15, 0.2) is 28.7 Å². The van der Waals surface area contributed by atoms with Gasteiger partial charge in [0.05, 0.1) is 17.4 Å². The Kier molecular flexibility index (Phi) is 8.66. The smallest absolute Gasteiger partial charge is 0.338 e. The van der Waals surface area contributed by atoms with E-state index in [-0.39, 0.29) is 11.3 Å². The average Bonchev–Trinajstić information content (AvgIpc) is 2.71. The molecule has 1 aliphatic heterocycles. The normalized spacial score (nSPS) is 27.3. The van der Waals surface area contributed by atoms with E-state index in [1.54, 1.807) is 6.92 Å². The highest BCUT2D eigenvalue weighted by molar-refractivity contribution is 9.10. The van der Waals surface area contributed by atoms with Crippen LogP contribution in [0.1, 0.15) is 39.2 Å². The van der Waals surface area contributed by atoms with Gasteiger partial charge in [-0.25, -0.2) is 4.39 Å². The number of hydrogen-bond acceptors (Lipinski definition) is 4. The quantitative estimate of drug-likeness (QED) is 0.429. The summed E-state index contributed by atoms with van der Waals surface area (Å²) >= 11 is 4.41. The van der Waals surface area contributed by atoms with Crippen molar-refractivity contribution in [3.63, 3.8) is 0 Å². The number of nitriles is 1. The fourth-order valence-electron chi connectivity index (χ4n) is 3.21. The molecular weight excluding hydrogens is 510 g/mol. The van der Waals surface area contributed by atoms with E-state index < -0.39 is 47.0 Å². The van der Waals surface area contributed by atoms with Crippen LogP contribution in [0, 0.1) is 23.2 Å². The molecule has 174 valence electrons. The minimum atomic E-state index is -4.93. The van der Waals surface area contributed by atoms with E-state index >= 15 is 0 Å². The largest absolute Gasteiger partial charge is 0.422 e. The van der Waals surface area contributed by atoms with E-state index in [1.807, 2.05) is 6.07 Å². The summed E-state index contributed by atoms with van der Waals surface area (Å²) in [7, 11) is 0. The fraction of sp³-hybridized carbons (Fsp3) is 0.545. The van der Waals surface area contributed by atoms with Crippen molar-refractivity contribution in [2.45, 2.75) is 68.3 Å². The number of halogens is 5.